The van der Waals surface area contributed by atoms with Crippen molar-refractivity contribution in [3.05, 3.63) is 29.3 Å². The van der Waals surface area contributed by atoms with Crippen molar-refractivity contribution in [1.82, 2.24) is 15.5 Å². The molecule has 1 aliphatic carbocycles. The van der Waals surface area contributed by atoms with Crippen LogP contribution < -0.4 is 10.6 Å². The smallest absolute Gasteiger partial charge is 0.230 e. The van der Waals surface area contributed by atoms with Crippen LogP contribution in [0.25, 0.3) is 0 Å². The van der Waals surface area contributed by atoms with Gasteiger partial charge in [-0.3, -0.25) is 4.79 Å². The van der Waals surface area contributed by atoms with E-state index < -0.39 is 0 Å². The predicted molar refractivity (Wildman–Crippen MR) is 109 cm³/mol. The summed E-state index contributed by atoms with van der Waals surface area (Å²) < 4.78 is 0.808. The molecule has 0 radical (unpaired) electrons. The predicted octanol–water partition coefficient (Wildman–Crippen LogP) is 4.69. The molecule has 0 aliphatic heterocycles. The summed E-state index contributed by atoms with van der Waals surface area (Å²) in [6.07, 6.45) is 4.80. The highest BCUT2D eigenvalue weighted by atomic mass is 32.2. The summed E-state index contributed by atoms with van der Waals surface area (Å²) in [5.41, 5.74) is 3.51. The zero-order chi connectivity index (χ0) is 18.5. The molecule has 1 aromatic heterocycles. The summed E-state index contributed by atoms with van der Waals surface area (Å²) in [5.74, 6) is 1.06. The van der Waals surface area contributed by atoms with Gasteiger partial charge in [-0.2, -0.15) is 0 Å². The zero-order valence-corrected chi connectivity index (χ0v) is 17.2. The average molecular weight is 391 g/mol. The van der Waals surface area contributed by atoms with Crippen molar-refractivity contribution >= 4 is 39.8 Å². The maximum Gasteiger partial charge on any atom is 0.230 e. The first-order valence-electron chi connectivity index (χ1n) is 9.11. The van der Waals surface area contributed by atoms with E-state index in [0.717, 1.165) is 21.6 Å². The molecule has 2 atom stereocenters. The minimum Gasteiger partial charge on any atom is -0.352 e. The van der Waals surface area contributed by atoms with Crippen molar-refractivity contribution in [3.8, 4) is 0 Å². The molecular formula is C19H26N4OS2. The number of hydrogen-bond acceptors (Lipinski definition) is 6. The van der Waals surface area contributed by atoms with Gasteiger partial charge in [-0.15, -0.1) is 10.2 Å². The average Bonchev–Trinajstić information content (AvgIpc) is 3.06. The monoisotopic (exact) mass is 390 g/mol. The summed E-state index contributed by atoms with van der Waals surface area (Å²) in [5, 5.41) is 15.6. The van der Waals surface area contributed by atoms with Crippen molar-refractivity contribution in [2.24, 2.45) is 5.92 Å². The van der Waals surface area contributed by atoms with Gasteiger partial charge in [-0.05, 0) is 55.9 Å². The molecule has 0 saturated heterocycles. The maximum atomic E-state index is 12.2. The third kappa shape index (κ3) is 5.20. The van der Waals surface area contributed by atoms with Gasteiger partial charge in [0.05, 0.1) is 5.75 Å². The Kier molecular flexibility index (Phi) is 6.53. The second kappa shape index (κ2) is 8.86. The third-order valence-corrected chi connectivity index (χ3v) is 6.92. The van der Waals surface area contributed by atoms with E-state index in [4.69, 9.17) is 0 Å². The minimum absolute atomic E-state index is 0.0904. The lowest BCUT2D eigenvalue weighted by Gasteiger charge is -2.29. The topological polar surface area (TPSA) is 66.9 Å². The number of rotatable bonds is 6. The van der Waals surface area contributed by atoms with Gasteiger partial charge in [0.25, 0.3) is 0 Å². The Morgan fingerprint density at radius 3 is 2.81 bits per heavy atom. The lowest BCUT2D eigenvalue weighted by molar-refractivity contribution is -0.119. The molecular weight excluding hydrogens is 364 g/mol. The number of hydrogen-bond donors (Lipinski definition) is 2. The van der Waals surface area contributed by atoms with Crippen LogP contribution in [0.4, 0.5) is 10.8 Å². The molecule has 7 heteroatoms. The van der Waals surface area contributed by atoms with Gasteiger partial charge in [0.2, 0.25) is 11.0 Å². The van der Waals surface area contributed by atoms with Crippen LogP contribution >= 0.6 is 23.1 Å². The van der Waals surface area contributed by atoms with Crippen molar-refractivity contribution in [2.45, 2.75) is 56.8 Å². The lowest BCUT2D eigenvalue weighted by Crippen LogP contribution is -2.41. The van der Waals surface area contributed by atoms with E-state index in [2.05, 4.69) is 53.7 Å². The van der Waals surface area contributed by atoms with Crippen molar-refractivity contribution in [1.29, 1.82) is 0 Å². The summed E-state index contributed by atoms with van der Waals surface area (Å²) in [7, 11) is 0. The van der Waals surface area contributed by atoms with Crippen LogP contribution in [0.3, 0.4) is 0 Å². The van der Waals surface area contributed by atoms with Crippen LogP contribution in [0.5, 0.6) is 0 Å². The molecule has 0 unspecified atom stereocenters. The second-order valence-electron chi connectivity index (χ2n) is 7.02. The summed E-state index contributed by atoms with van der Waals surface area (Å²) in [4.78, 5) is 12.2. The molecule has 1 fully saturated rings. The SMILES string of the molecule is Cc1ccc(Nc2nnc(SCC(=O)N[C@@H]3CCCC[C@H]3C)s2)cc1C. The minimum atomic E-state index is 0.0904. The molecule has 2 aromatic rings. The molecule has 1 amide bonds. The molecule has 1 aliphatic rings. The molecule has 2 N–H and O–H groups in total. The van der Waals surface area contributed by atoms with Crippen molar-refractivity contribution in [2.75, 3.05) is 11.1 Å². The number of aromatic nitrogens is 2. The number of thioether (sulfide) groups is 1. The fourth-order valence-electron chi connectivity index (χ4n) is 3.17. The molecule has 3 rings (SSSR count). The Balaban J connectivity index is 1.48. The Bertz CT molecular complexity index is 762. The van der Waals surface area contributed by atoms with Gasteiger partial charge in [-0.25, -0.2) is 0 Å². The van der Waals surface area contributed by atoms with Gasteiger partial charge in [-0.1, -0.05) is 48.9 Å². The zero-order valence-electron chi connectivity index (χ0n) is 15.5. The standard InChI is InChI=1S/C19H26N4OS2/c1-12-8-9-15(10-14(12)3)20-18-22-23-19(26-18)25-11-17(24)21-16-7-5-4-6-13(16)2/h8-10,13,16H,4-7,11H2,1-3H3,(H,20,22)(H,21,24)/t13-,16-/m1/s1. The summed E-state index contributed by atoms with van der Waals surface area (Å²) in [6, 6.07) is 6.55. The van der Waals surface area contributed by atoms with E-state index in [1.807, 2.05) is 6.07 Å². The molecule has 1 saturated carbocycles. The highest BCUT2D eigenvalue weighted by Crippen LogP contribution is 2.28. The fraction of sp³-hybridized carbons (Fsp3) is 0.526. The van der Waals surface area contributed by atoms with Gasteiger partial charge >= 0.3 is 0 Å². The molecule has 1 heterocycles. The summed E-state index contributed by atoms with van der Waals surface area (Å²) in [6.45, 7) is 6.42. The number of anilines is 2. The van der Waals surface area contributed by atoms with Crippen molar-refractivity contribution < 1.29 is 4.79 Å². The van der Waals surface area contributed by atoms with Crippen LogP contribution in [0, 0.1) is 19.8 Å². The Morgan fingerprint density at radius 2 is 2.04 bits per heavy atom. The van der Waals surface area contributed by atoms with E-state index in [0.29, 0.717) is 17.7 Å². The first kappa shape index (κ1) is 19.2. The maximum absolute atomic E-state index is 12.2. The van der Waals surface area contributed by atoms with Gasteiger partial charge < -0.3 is 10.6 Å². The highest BCUT2D eigenvalue weighted by Gasteiger charge is 2.22. The Morgan fingerprint density at radius 1 is 1.23 bits per heavy atom. The summed E-state index contributed by atoms with van der Waals surface area (Å²) >= 11 is 2.92. The molecule has 0 bridgehead atoms. The van der Waals surface area contributed by atoms with E-state index >= 15 is 0 Å². The highest BCUT2D eigenvalue weighted by molar-refractivity contribution is 8.01. The number of nitrogens with one attached hydrogen (secondary N) is 2. The van der Waals surface area contributed by atoms with Crippen LogP contribution in [0.2, 0.25) is 0 Å². The molecule has 26 heavy (non-hydrogen) atoms. The quantitative estimate of drug-likeness (QED) is 0.701. The number of benzene rings is 1. The largest absolute Gasteiger partial charge is 0.352 e. The number of nitrogens with zero attached hydrogens (tertiary/aromatic N) is 2. The van der Waals surface area contributed by atoms with Crippen molar-refractivity contribution in [3.63, 3.8) is 0 Å². The lowest BCUT2D eigenvalue weighted by atomic mass is 9.86. The first-order chi connectivity index (χ1) is 12.5. The van der Waals surface area contributed by atoms with Gasteiger partial charge in [0, 0.05) is 11.7 Å². The number of carbonyl (C=O) groups is 1. The van der Waals surface area contributed by atoms with Crippen LogP contribution in [0.15, 0.2) is 22.5 Å². The third-order valence-electron chi connectivity index (χ3n) is 4.95. The second-order valence-corrected chi connectivity index (χ2v) is 9.22. The number of amides is 1. The van der Waals surface area contributed by atoms with Gasteiger partial charge in [0.1, 0.15) is 0 Å². The van der Waals surface area contributed by atoms with E-state index in [1.54, 1.807) is 0 Å². The van der Waals surface area contributed by atoms with E-state index in [1.165, 1.54) is 53.5 Å². The molecule has 5 nitrogen and oxygen atoms in total. The number of aryl methyl sites for hydroxylation is 2. The van der Waals surface area contributed by atoms with E-state index in [-0.39, 0.29) is 5.91 Å². The first-order valence-corrected chi connectivity index (χ1v) is 10.9. The van der Waals surface area contributed by atoms with Crippen LogP contribution in [0.1, 0.15) is 43.7 Å². The van der Waals surface area contributed by atoms with Gasteiger partial charge in [0.15, 0.2) is 4.34 Å². The van der Waals surface area contributed by atoms with Crippen LogP contribution in [-0.4, -0.2) is 27.9 Å². The molecule has 0 spiro atoms. The van der Waals surface area contributed by atoms with Crippen LogP contribution in [-0.2, 0) is 4.79 Å². The molecule has 1 aromatic carbocycles. The normalized spacial score (nSPS) is 20.0. The van der Waals surface area contributed by atoms with E-state index in [9.17, 15) is 4.79 Å². The Hall–Kier alpha value is -1.60. The Labute approximate surface area is 163 Å². The molecule has 140 valence electrons. The fourth-order valence-corrected chi connectivity index (χ4v) is 4.75. The number of carbonyl (C=O) groups excluding carboxylic acids is 1.